The van der Waals surface area contributed by atoms with Gasteiger partial charge >= 0.3 is 0 Å². The van der Waals surface area contributed by atoms with Crippen LogP contribution in [0, 0.1) is 0 Å². The topological polar surface area (TPSA) is 45.2 Å². The Morgan fingerprint density at radius 1 is 0.730 bits per heavy atom. The van der Waals surface area contributed by atoms with Crippen LogP contribution in [-0.4, -0.2) is 22.3 Å². The predicted molar refractivity (Wildman–Crippen MR) is 151 cm³/mol. The summed E-state index contributed by atoms with van der Waals surface area (Å²) in [6, 6.07) is 38.7. The number of pyridine rings is 1. The van der Waals surface area contributed by atoms with E-state index in [1.807, 2.05) is 72.8 Å². The van der Waals surface area contributed by atoms with E-state index in [0.29, 0.717) is 18.7 Å². The van der Waals surface area contributed by atoms with Crippen molar-refractivity contribution >= 4 is 16.8 Å². The lowest BCUT2D eigenvalue weighted by atomic mass is 9.93. The smallest absolute Gasteiger partial charge is 0.254 e. The lowest BCUT2D eigenvalue weighted by molar-refractivity contribution is 0.0949. The highest BCUT2D eigenvalue weighted by atomic mass is 16.1. The summed E-state index contributed by atoms with van der Waals surface area (Å²) in [5.41, 5.74) is 6.58. The molecule has 0 bridgehead atoms. The number of nitrogens with one attached hydrogen (secondary N) is 1. The van der Waals surface area contributed by atoms with Gasteiger partial charge in [-0.15, -0.1) is 0 Å². The Labute approximate surface area is 218 Å². The van der Waals surface area contributed by atoms with Crippen LogP contribution in [0.1, 0.15) is 34.1 Å². The van der Waals surface area contributed by atoms with E-state index in [1.54, 1.807) is 0 Å². The lowest BCUT2D eigenvalue weighted by Crippen LogP contribution is -2.29. The molecule has 0 atom stereocenters. The largest absolute Gasteiger partial charge is 0.348 e. The van der Waals surface area contributed by atoms with Crippen molar-refractivity contribution in [1.29, 1.82) is 0 Å². The van der Waals surface area contributed by atoms with Crippen molar-refractivity contribution in [3.8, 4) is 11.1 Å². The number of carbonyl (C=O) groups excluding carboxylic acids is 1. The van der Waals surface area contributed by atoms with Gasteiger partial charge in [-0.1, -0.05) is 116 Å². The Morgan fingerprint density at radius 2 is 1.32 bits per heavy atom. The molecule has 4 aromatic carbocycles. The van der Waals surface area contributed by atoms with Gasteiger partial charge in [-0.2, -0.15) is 0 Å². The minimum Gasteiger partial charge on any atom is -0.348 e. The minimum atomic E-state index is -0.105. The van der Waals surface area contributed by atoms with Crippen molar-refractivity contribution in [3.63, 3.8) is 0 Å². The number of rotatable bonds is 9. The van der Waals surface area contributed by atoms with Gasteiger partial charge < -0.3 is 5.32 Å². The summed E-state index contributed by atoms with van der Waals surface area (Å²) in [6.07, 6.45) is 0. The second-order valence-electron chi connectivity index (χ2n) is 9.15. The number of hydrogen-bond acceptors (Lipinski definition) is 3. The Balaban J connectivity index is 1.61. The third kappa shape index (κ3) is 5.76. The fourth-order valence-corrected chi connectivity index (χ4v) is 4.73. The molecule has 0 saturated carbocycles. The molecule has 0 unspecified atom stereocenters. The molecule has 184 valence electrons. The molecule has 5 aromatic rings. The fraction of sp³-hybridized carbons (Fsp3) is 0.152. The summed E-state index contributed by atoms with van der Waals surface area (Å²) in [7, 11) is 0. The van der Waals surface area contributed by atoms with E-state index >= 15 is 0 Å². The van der Waals surface area contributed by atoms with Gasteiger partial charge in [-0.05, 0) is 29.3 Å². The zero-order valence-corrected chi connectivity index (χ0v) is 21.1. The molecule has 37 heavy (non-hydrogen) atoms. The zero-order chi connectivity index (χ0) is 25.5. The Kier molecular flexibility index (Phi) is 7.68. The van der Waals surface area contributed by atoms with Gasteiger partial charge in [0.15, 0.2) is 0 Å². The highest BCUT2D eigenvalue weighted by Crippen LogP contribution is 2.34. The Hall–Kier alpha value is -4.28. The first-order valence-electron chi connectivity index (χ1n) is 12.8. The van der Waals surface area contributed by atoms with Crippen molar-refractivity contribution < 1.29 is 4.79 Å². The van der Waals surface area contributed by atoms with Crippen LogP contribution in [0.25, 0.3) is 22.0 Å². The molecule has 0 aliphatic rings. The number of nitrogens with zero attached hydrogens (tertiary/aromatic N) is 2. The number of carbonyl (C=O) groups is 1. The van der Waals surface area contributed by atoms with Crippen molar-refractivity contribution in [2.24, 2.45) is 0 Å². The van der Waals surface area contributed by atoms with Gasteiger partial charge in [-0.25, -0.2) is 0 Å². The second kappa shape index (κ2) is 11.6. The Morgan fingerprint density at radius 3 is 2.00 bits per heavy atom. The van der Waals surface area contributed by atoms with Crippen LogP contribution in [-0.2, 0) is 19.6 Å². The predicted octanol–water partition coefficient (Wildman–Crippen LogP) is 6.85. The maximum Gasteiger partial charge on any atom is 0.254 e. The molecule has 1 heterocycles. The molecular weight excluding hydrogens is 454 g/mol. The molecule has 0 aliphatic carbocycles. The van der Waals surface area contributed by atoms with E-state index in [1.165, 1.54) is 5.56 Å². The quantitative estimate of drug-likeness (QED) is 0.248. The molecule has 4 heteroatoms. The van der Waals surface area contributed by atoms with Gasteiger partial charge in [0.05, 0.1) is 16.8 Å². The normalized spacial score (nSPS) is 11.1. The maximum absolute atomic E-state index is 13.9. The molecule has 1 amide bonds. The van der Waals surface area contributed by atoms with E-state index in [4.69, 9.17) is 4.98 Å². The van der Waals surface area contributed by atoms with E-state index < -0.39 is 0 Å². The van der Waals surface area contributed by atoms with E-state index in [2.05, 4.69) is 59.6 Å². The number of para-hydroxylation sites is 1. The third-order valence-corrected chi connectivity index (χ3v) is 6.62. The second-order valence-corrected chi connectivity index (χ2v) is 9.15. The van der Waals surface area contributed by atoms with Crippen LogP contribution in [0.5, 0.6) is 0 Å². The van der Waals surface area contributed by atoms with Crippen LogP contribution in [0.3, 0.4) is 0 Å². The molecule has 0 fully saturated rings. The summed E-state index contributed by atoms with van der Waals surface area (Å²) in [6.45, 7) is 4.82. The number of aromatic nitrogens is 1. The van der Waals surface area contributed by atoms with Crippen molar-refractivity contribution in [2.75, 3.05) is 6.54 Å². The first-order valence-corrected chi connectivity index (χ1v) is 12.8. The molecule has 5 rings (SSSR count). The number of fused-ring (bicyclic) bond motifs is 1. The van der Waals surface area contributed by atoms with Crippen molar-refractivity contribution in [1.82, 2.24) is 15.2 Å². The summed E-state index contributed by atoms with van der Waals surface area (Å²) < 4.78 is 0. The summed E-state index contributed by atoms with van der Waals surface area (Å²) in [5.74, 6) is -0.105. The first-order chi connectivity index (χ1) is 18.2. The summed E-state index contributed by atoms with van der Waals surface area (Å²) in [4.78, 5) is 21.3. The molecule has 4 nitrogen and oxygen atoms in total. The third-order valence-electron chi connectivity index (χ3n) is 6.62. The van der Waals surface area contributed by atoms with Crippen molar-refractivity contribution in [3.05, 3.63) is 138 Å². The van der Waals surface area contributed by atoms with E-state index in [0.717, 1.165) is 46.4 Å². The summed E-state index contributed by atoms with van der Waals surface area (Å²) in [5, 5.41) is 4.15. The zero-order valence-electron chi connectivity index (χ0n) is 21.1. The highest BCUT2D eigenvalue weighted by molar-refractivity contribution is 6.09. The number of amides is 1. The monoisotopic (exact) mass is 485 g/mol. The number of benzene rings is 4. The molecule has 1 N–H and O–H groups in total. The van der Waals surface area contributed by atoms with Crippen LogP contribution in [0.4, 0.5) is 0 Å². The van der Waals surface area contributed by atoms with Crippen molar-refractivity contribution in [2.45, 2.75) is 26.6 Å². The highest BCUT2D eigenvalue weighted by Gasteiger charge is 2.23. The van der Waals surface area contributed by atoms with Crippen LogP contribution < -0.4 is 5.32 Å². The molecule has 0 spiro atoms. The minimum absolute atomic E-state index is 0.105. The number of hydrogen-bond donors (Lipinski definition) is 1. The van der Waals surface area contributed by atoms with Gasteiger partial charge in [0.2, 0.25) is 0 Å². The van der Waals surface area contributed by atoms with Gasteiger partial charge in [0.1, 0.15) is 0 Å². The fourth-order valence-electron chi connectivity index (χ4n) is 4.73. The molecule has 1 aromatic heterocycles. The average Bonchev–Trinajstić information content (AvgIpc) is 2.96. The SMILES string of the molecule is CCN(Cc1ccccc1)Cc1nc2ccccc2c(-c2ccccc2)c1C(=O)NCc1ccccc1. The average molecular weight is 486 g/mol. The van der Waals surface area contributed by atoms with E-state index in [-0.39, 0.29) is 5.91 Å². The molecule has 0 aliphatic heterocycles. The first kappa shape index (κ1) is 24.4. The molecule has 0 saturated heterocycles. The maximum atomic E-state index is 13.9. The standard InChI is InChI=1S/C33H31N3O/c1-2-36(23-26-16-8-4-9-17-26)24-30-32(33(37)34-22-25-14-6-3-7-15-25)31(27-18-10-5-11-19-27)28-20-12-13-21-29(28)35-30/h3-21H,2,22-24H2,1H3,(H,34,37). The molecule has 0 radical (unpaired) electrons. The van der Waals surface area contributed by atoms with Gasteiger partial charge in [-0.3, -0.25) is 14.7 Å². The van der Waals surface area contributed by atoms with Crippen LogP contribution in [0.15, 0.2) is 115 Å². The van der Waals surface area contributed by atoms with Gasteiger partial charge in [0.25, 0.3) is 5.91 Å². The molecular formula is C33H31N3O. The summed E-state index contributed by atoms with van der Waals surface area (Å²) >= 11 is 0. The van der Waals surface area contributed by atoms with Gasteiger partial charge in [0, 0.05) is 30.6 Å². The van der Waals surface area contributed by atoms with Crippen LogP contribution >= 0.6 is 0 Å². The van der Waals surface area contributed by atoms with Crippen LogP contribution in [0.2, 0.25) is 0 Å². The lowest BCUT2D eigenvalue weighted by Gasteiger charge is -2.24. The Bertz CT molecular complexity index is 1470. The van der Waals surface area contributed by atoms with E-state index in [9.17, 15) is 4.79 Å².